The maximum atomic E-state index is 10.3. The van der Waals surface area contributed by atoms with E-state index in [1.54, 1.807) is 0 Å². The minimum absolute atomic E-state index is 0.115. The number of hydrogen-bond donors (Lipinski definition) is 1. The van der Waals surface area contributed by atoms with Crippen molar-refractivity contribution in [3.05, 3.63) is 23.8 Å². The molecule has 4 heteroatoms. The fraction of sp³-hybridized carbons (Fsp3) is 0.708. The third-order valence-corrected chi connectivity index (χ3v) is 6.81. The molecule has 1 aromatic rings. The lowest BCUT2D eigenvalue weighted by molar-refractivity contribution is 0.174. The lowest BCUT2D eigenvalue weighted by Gasteiger charge is -2.39. The van der Waals surface area contributed by atoms with Gasteiger partial charge in [-0.25, -0.2) is 0 Å². The van der Waals surface area contributed by atoms with Crippen LogP contribution in [0.25, 0.3) is 0 Å². The predicted octanol–water partition coefficient (Wildman–Crippen LogP) is 5.56. The Kier molecular flexibility index (Phi) is 7.24. The maximum absolute atomic E-state index is 10.3. The van der Waals surface area contributed by atoms with Crippen molar-refractivity contribution in [1.82, 2.24) is 5.32 Å². The van der Waals surface area contributed by atoms with Gasteiger partial charge in [0.05, 0.1) is 11.5 Å². The highest BCUT2D eigenvalue weighted by atomic mass is 16.7. The monoisotopic (exact) mass is 384 g/mol. The first kappa shape index (κ1) is 21.0. The fourth-order valence-corrected chi connectivity index (χ4v) is 5.13. The van der Waals surface area contributed by atoms with Crippen LogP contribution >= 0.6 is 0 Å². The summed E-state index contributed by atoms with van der Waals surface area (Å²) < 4.78 is 11.0. The van der Waals surface area contributed by atoms with Gasteiger partial charge in [0.1, 0.15) is 0 Å². The lowest BCUT2D eigenvalue weighted by atomic mass is 9.66. The second-order valence-corrected chi connectivity index (χ2v) is 8.76. The van der Waals surface area contributed by atoms with Crippen LogP contribution in [0.4, 0.5) is 0 Å². The van der Waals surface area contributed by atoms with Crippen LogP contribution in [-0.2, 0) is 5.41 Å². The lowest BCUT2D eigenvalue weighted by Crippen LogP contribution is -2.51. The molecule has 1 fully saturated rings. The molecule has 0 radical (unpaired) electrons. The van der Waals surface area contributed by atoms with Gasteiger partial charge in [0.25, 0.3) is 0 Å². The molecule has 0 spiro atoms. The van der Waals surface area contributed by atoms with E-state index in [0.717, 1.165) is 35.9 Å². The Balaban J connectivity index is 1.70. The summed E-state index contributed by atoms with van der Waals surface area (Å²) >= 11 is 0. The number of ether oxygens (including phenoxy) is 2. The zero-order chi connectivity index (χ0) is 20.0. The second-order valence-electron chi connectivity index (χ2n) is 8.76. The molecule has 28 heavy (non-hydrogen) atoms. The Morgan fingerprint density at radius 2 is 1.93 bits per heavy atom. The Morgan fingerprint density at radius 3 is 2.61 bits per heavy atom. The van der Waals surface area contributed by atoms with Crippen molar-refractivity contribution in [2.75, 3.05) is 13.3 Å². The number of rotatable bonds is 9. The highest BCUT2D eigenvalue weighted by Gasteiger charge is 2.43. The van der Waals surface area contributed by atoms with Crippen molar-refractivity contribution in [2.45, 2.75) is 83.6 Å². The number of nitriles is 1. The molecule has 4 nitrogen and oxygen atoms in total. The van der Waals surface area contributed by atoms with E-state index < -0.39 is 5.41 Å². The molecule has 3 rings (SSSR count). The van der Waals surface area contributed by atoms with Crippen LogP contribution in [0.1, 0.15) is 77.7 Å². The topological polar surface area (TPSA) is 54.3 Å². The Morgan fingerprint density at radius 1 is 1.18 bits per heavy atom. The predicted molar refractivity (Wildman–Crippen MR) is 113 cm³/mol. The molecule has 0 bridgehead atoms. The van der Waals surface area contributed by atoms with Gasteiger partial charge in [-0.2, -0.15) is 5.26 Å². The summed E-state index contributed by atoms with van der Waals surface area (Å²) in [7, 11) is 0. The highest BCUT2D eigenvalue weighted by molar-refractivity contribution is 5.49. The molecule has 1 aliphatic heterocycles. The van der Waals surface area contributed by atoms with Gasteiger partial charge in [-0.3, -0.25) is 0 Å². The average molecular weight is 385 g/mol. The van der Waals surface area contributed by atoms with E-state index in [0.29, 0.717) is 0 Å². The van der Waals surface area contributed by atoms with E-state index in [4.69, 9.17) is 9.47 Å². The summed E-state index contributed by atoms with van der Waals surface area (Å²) in [5.74, 6) is 2.63. The number of hydrogen-bond acceptors (Lipinski definition) is 4. The minimum Gasteiger partial charge on any atom is -0.454 e. The first-order valence-corrected chi connectivity index (χ1v) is 11.2. The van der Waals surface area contributed by atoms with Crippen molar-refractivity contribution >= 4 is 0 Å². The summed E-state index contributed by atoms with van der Waals surface area (Å²) in [6.45, 7) is 7.73. The number of nitrogens with zero attached hydrogens (tertiary/aromatic N) is 1. The summed E-state index contributed by atoms with van der Waals surface area (Å²) in [5, 5.41) is 14.1. The zero-order valence-corrected chi connectivity index (χ0v) is 17.8. The Labute approximate surface area is 170 Å². The molecule has 2 unspecified atom stereocenters. The summed E-state index contributed by atoms with van der Waals surface area (Å²) in [6, 6.07) is 8.82. The van der Waals surface area contributed by atoms with Crippen LogP contribution in [0.3, 0.4) is 0 Å². The summed E-state index contributed by atoms with van der Waals surface area (Å²) in [6.07, 6.45) is 10.5. The van der Waals surface area contributed by atoms with E-state index in [2.05, 4.69) is 32.2 Å². The average Bonchev–Trinajstić information content (AvgIpc) is 3.19. The quantitative estimate of drug-likeness (QED) is 0.566. The molecule has 154 valence electrons. The van der Waals surface area contributed by atoms with Gasteiger partial charge in [-0.05, 0) is 55.3 Å². The van der Waals surface area contributed by atoms with E-state index >= 15 is 0 Å². The largest absolute Gasteiger partial charge is 0.454 e. The second kappa shape index (κ2) is 9.65. The zero-order valence-electron chi connectivity index (χ0n) is 17.8. The molecule has 2 aliphatic rings. The molecule has 2 atom stereocenters. The van der Waals surface area contributed by atoms with Crippen LogP contribution in [0.15, 0.2) is 18.2 Å². The highest BCUT2D eigenvalue weighted by Crippen LogP contribution is 2.42. The molecule has 1 N–H and O–H groups in total. The van der Waals surface area contributed by atoms with Gasteiger partial charge in [0.15, 0.2) is 11.5 Å². The normalized spacial score (nSPS) is 20.0. The fourth-order valence-electron chi connectivity index (χ4n) is 5.13. The van der Waals surface area contributed by atoms with Crippen molar-refractivity contribution in [3.63, 3.8) is 0 Å². The molecular formula is C24H36N2O2. The van der Waals surface area contributed by atoms with E-state index in [1.165, 1.54) is 44.9 Å². The number of benzene rings is 1. The van der Waals surface area contributed by atoms with Crippen LogP contribution < -0.4 is 14.8 Å². The van der Waals surface area contributed by atoms with Gasteiger partial charge in [0.2, 0.25) is 6.79 Å². The molecule has 1 aromatic carbocycles. The SMILES string of the molecule is CCC(NCCCC1CCCCC1)C(C#N)(c1ccc2c(c1)OCO2)C(C)C. The Hall–Kier alpha value is -1.73. The van der Waals surface area contributed by atoms with Gasteiger partial charge in [-0.15, -0.1) is 0 Å². The summed E-state index contributed by atoms with van der Waals surface area (Å²) in [5.41, 5.74) is 0.446. The van der Waals surface area contributed by atoms with Crippen molar-refractivity contribution in [3.8, 4) is 17.6 Å². The molecule has 1 saturated carbocycles. The number of nitrogens with one attached hydrogen (secondary N) is 1. The molecule has 0 aromatic heterocycles. The van der Waals surface area contributed by atoms with Gasteiger partial charge < -0.3 is 14.8 Å². The standard InChI is InChI=1S/C24H36N2O2/c1-4-23(26-14-8-11-19-9-6-5-7-10-19)24(16-25,18(2)3)20-12-13-21-22(15-20)28-17-27-21/h12-13,15,18-19,23,26H,4-11,14,17H2,1-3H3. The van der Waals surface area contributed by atoms with Gasteiger partial charge >= 0.3 is 0 Å². The third-order valence-electron chi connectivity index (χ3n) is 6.81. The first-order valence-electron chi connectivity index (χ1n) is 11.2. The number of fused-ring (bicyclic) bond motifs is 1. The van der Waals surface area contributed by atoms with Gasteiger partial charge in [0, 0.05) is 6.04 Å². The van der Waals surface area contributed by atoms with Crippen molar-refractivity contribution in [1.29, 1.82) is 5.26 Å². The molecule has 0 amide bonds. The van der Waals surface area contributed by atoms with Crippen LogP contribution in [-0.4, -0.2) is 19.4 Å². The molecule has 1 heterocycles. The first-order chi connectivity index (χ1) is 13.6. The van der Waals surface area contributed by atoms with Crippen LogP contribution in [0, 0.1) is 23.2 Å². The van der Waals surface area contributed by atoms with E-state index in [-0.39, 0.29) is 18.8 Å². The minimum atomic E-state index is -0.583. The van der Waals surface area contributed by atoms with Crippen LogP contribution in [0.5, 0.6) is 11.5 Å². The third kappa shape index (κ3) is 4.30. The van der Waals surface area contributed by atoms with Crippen LogP contribution in [0.2, 0.25) is 0 Å². The molecule has 0 saturated heterocycles. The Bertz CT molecular complexity index is 676. The van der Waals surface area contributed by atoms with Crippen molar-refractivity contribution in [2.24, 2.45) is 11.8 Å². The van der Waals surface area contributed by atoms with Gasteiger partial charge in [-0.1, -0.05) is 58.9 Å². The van der Waals surface area contributed by atoms with E-state index in [1.807, 2.05) is 18.2 Å². The maximum Gasteiger partial charge on any atom is 0.231 e. The molecular weight excluding hydrogens is 348 g/mol. The van der Waals surface area contributed by atoms with E-state index in [9.17, 15) is 5.26 Å². The molecule has 1 aliphatic carbocycles. The summed E-state index contributed by atoms with van der Waals surface area (Å²) in [4.78, 5) is 0. The van der Waals surface area contributed by atoms with Crippen molar-refractivity contribution < 1.29 is 9.47 Å². The smallest absolute Gasteiger partial charge is 0.231 e.